The molecule has 2 heterocycles. The summed E-state index contributed by atoms with van der Waals surface area (Å²) >= 11 is 0. The highest BCUT2D eigenvalue weighted by Gasteiger charge is 2.36. The van der Waals surface area contributed by atoms with Gasteiger partial charge in [0, 0.05) is 26.2 Å². The zero-order valence-corrected chi connectivity index (χ0v) is 15.8. The molecule has 2 saturated heterocycles. The number of amides is 2. The van der Waals surface area contributed by atoms with Gasteiger partial charge in [0.15, 0.2) is 0 Å². The van der Waals surface area contributed by atoms with Crippen LogP contribution in [0.5, 0.6) is 0 Å². The van der Waals surface area contributed by atoms with Crippen LogP contribution in [0.3, 0.4) is 0 Å². The van der Waals surface area contributed by atoms with Crippen LogP contribution in [0, 0.1) is 0 Å². The molecule has 25 heavy (non-hydrogen) atoms. The minimum Gasteiger partial charge on any atom is -0.338 e. The van der Waals surface area contributed by atoms with Crippen LogP contribution in [-0.2, 0) is 15.0 Å². The molecule has 3 rings (SSSR count). The van der Waals surface area contributed by atoms with Crippen molar-refractivity contribution in [3.05, 3.63) is 35.9 Å². The number of carbonyl (C=O) groups is 2. The van der Waals surface area contributed by atoms with Crippen LogP contribution in [0.2, 0.25) is 0 Å². The Morgan fingerprint density at radius 1 is 1.04 bits per heavy atom. The van der Waals surface area contributed by atoms with Gasteiger partial charge in [-0.2, -0.15) is 0 Å². The van der Waals surface area contributed by atoms with Crippen molar-refractivity contribution >= 4 is 24.2 Å². The van der Waals surface area contributed by atoms with Crippen LogP contribution < -0.4 is 5.32 Å². The summed E-state index contributed by atoms with van der Waals surface area (Å²) in [5.74, 6) is 0.335. The summed E-state index contributed by atoms with van der Waals surface area (Å²) in [5.41, 5.74) is 0.490. The Morgan fingerprint density at radius 3 is 2.20 bits per heavy atom. The summed E-state index contributed by atoms with van der Waals surface area (Å²) in [6.07, 6.45) is 2.00. The molecule has 0 spiro atoms. The van der Waals surface area contributed by atoms with Crippen LogP contribution in [-0.4, -0.2) is 60.4 Å². The first-order valence-electron chi connectivity index (χ1n) is 8.87. The summed E-state index contributed by atoms with van der Waals surface area (Å²) in [7, 11) is 0. The highest BCUT2D eigenvalue weighted by molar-refractivity contribution is 5.88. The van der Waals surface area contributed by atoms with E-state index in [-0.39, 0.29) is 30.3 Å². The average Bonchev–Trinajstić information content (AvgIpc) is 3.16. The molecule has 1 unspecified atom stereocenters. The number of halogens is 1. The lowest BCUT2D eigenvalue weighted by atomic mass is 9.83. The third kappa shape index (κ3) is 4.15. The topological polar surface area (TPSA) is 52.7 Å². The molecule has 1 aromatic rings. The smallest absolute Gasteiger partial charge is 0.239 e. The molecule has 2 fully saturated rings. The molecule has 0 radical (unpaired) electrons. The lowest BCUT2D eigenvalue weighted by Gasteiger charge is -2.39. The Hall–Kier alpha value is -1.59. The van der Waals surface area contributed by atoms with Gasteiger partial charge in [-0.05, 0) is 38.8 Å². The maximum atomic E-state index is 13.0. The Labute approximate surface area is 156 Å². The second kappa shape index (κ2) is 8.19. The van der Waals surface area contributed by atoms with Crippen LogP contribution >= 0.6 is 12.4 Å². The fourth-order valence-electron chi connectivity index (χ4n) is 3.62. The maximum Gasteiger partial charge on any atom is 0.239 e. The van der Waals surface area contributed by atoms with Gasteiger partial charge < -0.3 is 15.1 Å². The van der Waals surface area contributed by atoms with E-state index >= 15 is 0 Å². The maximum absolute atomic E-state index is 13.0. The lowest BCUT2D eigenvalue weighted by molar-refractivity contribution is -0.143. The van der Waals surface area contributed by atoms with Crippen LogP contribution in [0.25, 0.3) is 0 Å². The molecule has 138 valence electrons. The molecule has 6 heteroatoms. The van der Waals surface area contributed by atoms with Crippen molar-refractivity contribution in [3.8, 4) is 0 Å². The third-order valence-corrected chi connectivity index (χ3v) is 5.27. The number of benzene rings is 1. The fraction of sp³-hybridized carbons (Fsp3) is 0.579. The van der Waals surface area contributed by atoms with E-state index in [1.807, 2.05) is 54.0 Å². The van der Waals surface area contributed by atoms with E-state index in [4.69, 9.17) is 0 Å². The molecule has 1 aromatic carbocycles. The second-order valence-corrected chi connectivity index (χ2v) is 7.26. The zero-order chi connectivity index (χ0) is 17.2. The molecule has 1 N–H and O–H groups in total. The van der Waals surface area contributed by atoms with Gasteiger partial charge in [0.2, 0.25) is 11.8 Å². The van der Waals surface area contributed by atoms with Gasteiger partial charge >= 0.3 is 0 Å². The standard InChI is InChI=1S/C19H27N3O2.ClH/c1-19(2,15-7-4-3-5-8-15)18(24)22-13-11-21(12-14-22)17(23)16-9-6-10-20-16;/h3-5,7-8,16,20H,6,9-14H2,1-2H3;1H. The van der Waals surface area contributed by atoms with Crippen LogP contribution in [0.1, 0.15) is 32.3 Å². The molecule has 0 aromatic heterocycles. The van der Waals surface area contributed by atoms with Crippen molar-refractivity contribution in [2.75, 3.05) is 32.7 Å². The molecule has 0 aliphatic carbocycles. The first-order chi connectivity index (χ1) is 11.5. The summed E-state index contributed by atoms with van der Waals surface area (Å²) < 4.78 is 0. The van der Waals surface area contributed by atoms with Gasteiger partial charge in [0.05, 0.1) is 11.5 Å². The Bertz CT molecular complexity index is 592. The first-order valence-corrected chi connectivity index (χ1v) is 8.87. The van der Waals surface area contributed by atoms with Gasteiger partial charge in [0.25, 0.3) is 0 Å². The molecular weight excluding hydrogens is 338 g/mol. The second-order valence-electron chi connectivity index (χ2n) is 7.26. The van der Waals surface area contributed by atoms with Gasteiger partial charge in [-0.3, -0.25) is 9.59 Å². The van der Waals surface area contributed by atoms with E-state index in [2.05, 4.69) is 5.32 Å². The Balaban J connectivity index is 0.00000225. The van der Waals surface area contributed by atoms with Crippen molar-refractivity contribution in [3.63, 3.8) is 0 Å². The number of hydrogen-bond donors (Lipinski definition) is 1. The summed E-state index contributed by atoms with van der Waals surface area (Å²) in [6, 6.07) is 9.89. The van der Waals surface area contributed by atoms with E-state index < -0.39 is 5.41 Å². The molecule has 2 aliphatic heterocycles. The first kappa shape index (κ1) is 19.7. The van der Waals surface area contributed by atoms with E-state index in [9.17, 15) is 9.59 Å². The summed E-state index contributed by atoms with van der Waals surface area (Å²) in [6.45, 7) is 7.39. The number of hydrogen-bond acceptors (Lipinski definition) is 3. The van der Waals surface area contributed by atoms with Crippen molar-refractivity contribution in [1.29, 1.82) is 0 Å². The molecule has 0 bridgehead atoms. The quantitative estimate of drug-likeness (QED) is 0.888. The minimum atomic E-state index is -0.541. The van der Waals surface area contributed by atoms with Crippen molar-refractivity contribution in [2.24, 2.45) is 0 Å². The van der Waals surface area contributed by atoms with Gasteiger partial charge in [-0.1, -0.05) is 30.3 Å². The highest BCUT2D eigenvalue weighted by Crippen LogP contribution is 2.26. The molecule has 0 saturated carbocycles. The third-order valence-electron chi connectivity index (χ3n) is 5.27. The van der Waals surface area contributed by atoms with E-state index in [1.165, 1.54) is 0 Å². The van der Waals surface area contributed by atoms with Gasteiger partial charge in [0.1, 0.15) is 0 Å². The predicted molar refractivity (Wildman–Crippen MR) is 101 cm³/mol. The molecule has 1 atom stereocenters. The molecule has 2 amide bonds. The highest BCUT2D eigenvalue weighted by atomic mass is 35.5. The lowest BCUT2D eigenvalue weighted by Crippen LogP contribution is -2.56. The summed E-state index contributed by atoms with van der Waals surface area (Å²) in [4.78, 5) is 29.2. The number of rotatable bonds is 3. The van der Waals surface area contributed by atoms with Crippen molar-refractivity contribution in [1.82, 2.24) is 15.1 Å². The largest absolute Gasteiger partial charge is 0.338 e. The van der Waals surface area contributed by atoms with Crippen LogP contribution in [0.4, 0.5) is 0 Å². The number of carbonyl (C=O) groups excluding carboxylic acids is 2. The molecular formula is C19H28ClN3O2. The summed E-state index contributed by atoms with van der Waals surface area (Å²) in [5, 5.41) is 3.26. The van der Waals surface area contributed by atoms with E-state index in [0.29, 0.717) is 26.2 Å². The molecule has 2 aliphatic rings. The van der Waals surface area contributed by atoms with Crippen molar-refractivity contribution in [2.45, 2.75) is 38.1 Å². The number of nitrogens with one attached hydrogen (secondary N) is 1. The van der Waals surface area contributed by atoms with Gasteiger partial charge in [-0.25, -0.2) is 0 Å². The fourth-order valence-corrected chi connectivity index (χ4v) is 3.62. The van der Waals surface area contributed by atoms with E-state index in [1.54, 1.807) is 0 Å². The monoisotopic (exact) mass is 365 g/mol. The Morgan fingerprint density at radius 2 is 1.64 bits per heavy atom. The minimum absolute atomic E-state index is 0. The predicted octanol–water partition coefficient (Wildman–Crippen LogP) is 1.81. The van der Waals surface area contributed by atoms with Crippen LogP contribution in [0.15, 0.2) is 30.3 Å². The number of nitrogens with zero attached hydrogens (tertiary/aromatic N) is 2. The molecule has 5 nitrogen and oxygen atoms in total. The SMILES string of the molecule is CC(C)(C(=O)N1CCN(C(=O)C2CCCN2)CC1)c1ccccc1.Cl. The zero-order valence-electron chi connectivity index (χ0n) is 15.0. The average molecular weight is 366 g/mol. The van der Waals surface area contributed by atoms with E-state index in [0.717, 1.165) is 24.9 Å². The normalized spacial score (nSPS) is 21.0. The number of piperazine rings is 1. The van der Waals surface area contributed by atoms with Gasteiger partial charge in [-0.15, -0.1) is 12.4 Å². The van der Waals surface area contributed by atoms with Crippen molar-refractivity contribution < 1.29 is 9.59 Å². The Kier molecular flexibility index (Phi) is 6.47.